The van der Waals surface area contributed by atoms with E-state index in [0.717, 1.165) is 11.3 Å². The fraction of sp³-hybridized carbons (Fsp3) is 0.417. The number of oxime groups is 1. The normalized spacial score (nSPS) is 13.5. The standard InChI is InChI=1S/C12H19N3O2/c1-8-6-10(12(13)14-17)4-5-11(8)15(3)7-9(2)16/h4-6,9,16-17H,7H2,1-3H3,(H2,13,14). The maximum atomic E-state index is 9.34. The summed E-state index contributed by atoms with van der Waals surface area (Å²) < 4.78 is 0. The summed E-state index contributed by atoms with van der Waals surface area (Å²) in [6.07, 6.45) is -0.386. The molecule has 5 heteroatoms. The molecule has 0 aliphatic heterocycles. The second-order valence-corrected chi connectivity index (χ2v) is 4.22. The third-order valence-corrected chi connectivity index (χ3v) is 2.55. The van der Waals surface area contributed by atoms with Crippen LogP contribution < -0.4 is 10.6 Å². The van der Waals surface area contributed by atoms with Gasteiger partial charge in [0.15, 0.2) is 5.84 Å². The predicted molar refractivity (Wildman–Crippen MR) is 68.6 cm³/mol. The van der Waals surface area contributed by atoms with Gasteiger partial charge in [-0.3, -0.25) is 0 Å². The summed E-state index contributed by atoms with van der Waals surface area (Å²) in [4.78, 5) is 1.97. The predicted octanol–water partition coefficient (Wildman–Crippen LogP) is 0.907. The summed E-state index contributed by atoms with van der Waals surface area (Å²) in [5.41, 5.74) is 8.22. The van der Waals surface area contributed by atoms with E-state index < -0.39 is 0 Å². The minimum absolute atomic E-state index is 0.0952. The third-order valence-electron chi connectivity index (χ3n) is 2.55. The van der Waals surface area contributed by atoms with Gasteiger partial charge in [0.2, 0.25) is 0 Å². The van der Waals surface area contributed by atoms with Crippen LogP contribution in [0.2, 0.25) is 0 Å². The summed E-state index contributed by atoms with van der Waals surface area (Å²) in [6, 6.07) is 5.53. The van der Waals surface area contributed by atoms with Gasteiger partial charge in [-0.1, -0.05) is 5.16 Å². The number of nitrogens with zero attached hydrogens (tertiary/aromatic N) is 2. The van der Waals surface area contributed by atoms with Crippen LogP contribution in [0.25, 0.3) is 0 Å². The minimum Gasteiger partial charge on any atom is -0.409 e. The molecule has 0 bridgehead atoms. The summed E-state index contributed by atoms with van der Waals surface area (Å²) >= 11 is 0. The molecule has 1 aromatic carbocycles. The van der Waals surface area contributed by atoms with Crippen LogP contribution in [-0.4, -0.2) is 35.8 Å². The Morgan fingerprint density at radius 1 is 1.53 bits per heavy atom. The van der Waals surface area contributed by atoms with Crippen LogP contribution in [0, 0.1) is 6.92 Å². The number of aliphatic hydroxyl groups excluding tert-OH is 1. The molecule has 0 saturated heterocycles. The second-order valence-electron chi connectivity index (χ2n) is 4.22. The van der Waals surface area contributed by atoms with E-state index in [1.807, 2.05) is 31.0 Å². The highest BCUT2D eigenvalue weighted by molar-refractivity contribution is 5.97. The van der Waals surface area contributed by atoms with Gasteiger partial charge in [0.25, 0.3) is 0 Å². The van der Waals surface area contributed by atoms with Crippen molar-refractivity contribution in [2.24, 2.45) is 10.9 Å². The molecule has 94 valence electrons. The molecule has 0 aromatic heterocycles. The van der Waals surface area contributed by atoms with Gasteiger partial charge < -0.3 is 20.9 Å². The van der Waals surface area contributed by atoms with Crippen molar-refractivity contribution in [2.45, 2.75) is 20.0 Å². The first-order valence-corrected chi connectivity index (χ1v) is 5.43. The lowest BCUT2D eigenvalue weighted by Crippen LogP contribution is -2.27. The van der Waals surface area contributed by atoms with Gasteiger partial charge in [0, 0.05) is 24.8 Å². The van der Waals surface area contributed by atoms with Crippen molar-refractivity contribution in [3.8, 4) is 0 Å². The lowest BCUT2D eigenvalue weighted by Gasteiger charge is -2.23. The van der Waals surface area contributed by atoms with Gasteiger partial charge in [-0.25, -0.2) is 0 Å². The Kier molecular flexibility index (Phi) is 4.34. The number of amidine groups is 1. The number of likely N-dealkylation sites (N-methyl/N-ethyl adjacent to an activating group) is 1. The highest BCUT2D eigenvalue weighted by Gasteiger charge is 2.09. The molecule has 0 spiro atoms. The lowest BCUT2D eigenvalue weighted by atomic mass is 10.1. The van der Waals surface area contributed by atoms with Crippen molar-refractivity contribution in [3.05, 3.63) is 29.3 Å². The van der Waals surface area contributed by atoms with E-state index in [2.05, 4.69) is 5.16 Å². The minimum atomic E-state index is -0.386. The van der Waals surface area contributed by atoms with Crippen LogP contribution in [0.3, 0.4) is 0 Å². The quantitative estimate of drug-likeness (QED) is 0.314. The van der Waals surface area contributed by atoms with Crippen LogP contribution in [0.5, 0.6) is 0 Å². The van der Waals surface area contributed by atoms with E-state index in [1.54, 1.807) is 13.0 Å². The summed E-state index contributed by atoms with van der Waals surface area (Å²) in [7, 11) is 1.91. The molecule has 1 atom stereocenters. The first kappa shape index (κ1) is 13.3. The van der Waals surface area contributed by atoms with Crippen LogP contribution in [-0.2, 0) is 0 Å². The highest BCUT2D eigenvalue weighted by Crippen LogP contribution is 2.20. The van der Waals surface area contributed by atoms with Crippen LogP contribution >= 0.6 is 0 Å². The lowest BCUT2D eigenvalue weighted by molar-refractivity contribution is 0.201. The summed E-state index contributed by atoms with van der Waals surface area (Å²) in [6.45, 7) is 4.25. The van der Waals surface area contributed by atoms with Gasteiger partial charge in [-0.05, 0) is 37.6 Å². The van der Waals surface area contributed by atoms with Crippen molar-refractivity contribution in [1.82, 2.24) is 0 Å². The number of hydrogen-bond donors (Lipinski definition) is 3. The molecular weight excluding hydrogens is 218 g/mol. The molecule has 0 aliphatic carbocycles. The molecule has 1 rings (SSSR count). The molecule has 0 radical (unpaired) electrons. The van der Waals surface area contributed by atoms with Crippen molar-refractivity contribution in [1.29, 1.82) is 0 Å². The molecule has 4 N–H and O–H groups in total. The largest absolute Gasteiger partial charge is 0.409 e. The zero-order chi connectivity index (χ0) is 13.0. The number of hydrogen-bond acceptors (Lipinski definition) is 4. The smallest absolute Gasteiger partial charge is 0.170 e. The fourth-order valence-corrected chi connectivity index (χ4v) is 1.80. The summed E-state index contributed by atoms with van der Waals surface area (Å²) in [5.74, 6) is 0.0952. The van der Waals surface area contributed by atoms with E-state index in [4.69, 9.17) is 10.9 Å². The molecule has 0 amide bonds. The SMILES string of the molecule is Cc1cc(C(N)=NO)ccc1N(C)CC(C)O. The topological polar surface area (TPSA) is 82.1 Å². The number of aliphatic hydroxyl groups is 1. The zero-order valence-electron chi connectivity index (χ0n) is 10.4. The molecule has 1 aromatic rings. The van der Waals surface area contributed by atoms with E-state index in [1.165, 1.54) is 0 Å². The molecule has 1 unspecified atom stereocenters. The van der Waals surface area contributed by atoms with Gasteiger partial charge in [-0.15, -0.1) is 0 Å². The van der Waals surface area contributed by atoms with Crippen LogP contribution in [0.1, 0.15) is 18.1 Å². The first-order chi connectivity index (χ1) is 7.95. The van der Waals surface area contributed by atoms with E-state index in [9.17, 15) is 5.11 Å². The van der Waals surface area contributed by atoms with Crippen molar-refractivity contribution in [2.75, 3.05) is 18.5 Å². The third kappa shape index (κ3) is 3.35. The van der Waals surface area contributed by atoms with Gasteiger partial charge in [-0.2, -0.15) is 0 Å². The highest BCUT2D eigenvalue weighted by atomic mass is 16.4. The van der Waals surface area contributed by atoms with E-state index >= 15 is 0 Å². The number of rotatable bonds is 4. The maximum absolute atomic E-state index is 9.34. The van der Waals surface area contributed by atoms with Crippen molar-refractivity contribution < 1.29 is 10.3 Å². The van der Waals surface area contributed by atoms with Gasteiger partial charge in [0.1, 0.15) is 0 Å². The maximum Gasteiger partial charge on any atom is 0.170 e. The first-order valence-electron chi connectivity index (χ1n) is 5.43. The number of aryl methyl sites for hydroxylation is 1. The number of nitrogens with two attached hydrogens (primary N) is 1. The van der Waals surface area contributed by atoms with E-state index in [0.29, 0.717) is 12.1 Å². The average molecular weight is 237 g/mol. The Morgan fingerprint density at radius 3 is 2.65 bits per heavy atom. The van der Waals surface area contributed by atoms with Crippen LogP contribution in [0.4, 0.5) is 5.69 Å². The Morgan fingerprint density at radius 2 is 2.18 bits per heavy atom. The Bertz CT molecular complexity index is 416. The Labute approximate surface area is 101 Å². The monoisotopic (exact) mass is 237 g/mol. The number of benzene rings is 1. The molecule has 0 fully saturated rings. The molecular formula is C12H19N3O2. The summed E-state index contributed by atoms with van der Waals surface area (Å²) in [5, 5.41) is 20.9. The van der Waals surface area contributed by atoms with Gasteiger partial charge >= 0.3 is 0 Å². The molecule has 5 nitrogen and oxygen atoms in total. The number of anilines is 1. The molecule has 0 saturated carbocycles. The molecule has 0 aliphatic rings. The average Bonchev–Trinajstić information content (AvgIpc) is 2.26. The van der Waals surface area contributed by atoms with Crippen LogP contribution in [0.15, 0.2) is 23.4 Å². The van der Waals surface area contributed by atoms with Crippen molar-refractivity contribution >= 4 is 11.5 Å². The second kappa shape index (κ2) is 5.54. The van der Waals surface area contributed by atoms with Crippen molar-refractivity contribution in [3.63, 3.8) is 0 Å². The Hall–Kier alpha value is -1.75. The molecule has 17 heavy (non-hydrogen) atoms. The molecule has 0 heterocycles. The van der Waals surface area contributed by atoms with Gasteiger partial charge in [0.05, 0.1) is 6.10 Å². The fourth-order valence-electron chi connectivity index (χ4n) is 1.80. The zero-order valence-corrected chi connectivity index (χ0v) is 10.4. The van der Waals surface area contributed by atoms with E-state index in [-0.39, 0.29) is 11.9 Å². The Balaban J connectivity index is 2.97.